The molecule has 0 bridgehead atoms. The van der Waals surface area contributed by atoms with Crippen molar-refractivity contribution < 1.29 is 9.13 Å². The van der Waals surface area contributed by atoms with Gasteiger partial charge in [0.1, 0.15) is 23.2 Å². The summed E-state index contributed by atoms with van der Waals surface area (Å²) in [5, 5.41) is 0.0903. The molecule has 0 aliphatic heterocycles. The second kappa shape index (κ2) is 6.41. The van der Waals surface area contributed by atoms with Crippen LogP contribution in [0, 0.1) is 19.7 Å². The third kappa shape index (κ3) is 3.52. The summed E-state index contributed by atoms with van der Waals surface area (Å²) in [5.74, 6) is 0.283. The Morgan fingerprint density at radius 3 is 2.48 bits per heavy atom. The number of aryl methyl sites for hydroxylation is 2. The molecule has 2 aromatic rings. The smallest absolute Gasteiger partial charge is 0.142 e. The zero-order valence-corrected chi connectivity index (χ0v) is 13.3. The molecule has 0 unspecified atom stereocenters. The Balaban J connectivity index is 2.24. The molecule has 0 amide bonds. The van der Waals surface area contributed by atoms with Gasteiger partial charge in [-0.15, -0.1) is 0 Å². The van der Waals surface area contributed by atoms with Crippen LogP contribution in [0.15, 0.2) is 30.3 Å². The molecule has 110 valence electrons. The molecular weight excluding hydrogens is 309 g/mol. The average molecular weight is 324 g/mol. The van der Waals surface area contributed by atoms with Crippen molar-refractivity contribution in [1.82, 2.24) is 0 Å². The molecule has 21 heavy (non-hydrogen) atoms. The van der Waals surface area contributed by atoms with Crippen LogP contribution in [0.5, 0.6) is 5.75 Å². The van der Waals surface area contributed by atoms with E-state index in [-0.39, 0.29) is 11.6 Å². The third-order valence-electron chi connectivity index (χ3n) is 3.15. The first-order chi connectivity index (χ1) is 9.90. The van der Waals surface area contributed by atoms with Crippen LogP contribution in [0.1, 0.15) is 22.3 Å². The predicted molar refractivity (Wildman–Crippen MR) is 87.5 cm³/mol. The lowest BCUT2D eigenvalue weighted by atomic mass is 10.1. The molecule has 0 heterocycles. The molecule has 5 heteroatoms. The standard InChI is InChI=1S/C16H15ClFNOS/c1-9-6-12(16(19)21)7-10(2)15(9)20-8-11-4-3-5-13(18)14(11)17/h3-7H,8H2,1-2H3,(H2,19,21). The summed E-state index contributed by atoms with van der Waals surface area (Å²) in [4.78, 5) is 0.348. The van der Waals surface area contributed by atoms with Crippen molar-refractivity contribution in [2.45, 2.75) is 20.5 Å². The summed E-state index contributed by atoms with van der Waals surface area (Å²) in [6.45, 7) is 4.03. The van der Waals surface area contributed by atoms with Gasteiger partial charge in [-0.1, -0.05) is 36.0 Å². The number of thiocarbonyl (C=S) groups is 1. The fourth-order valence-corrected chi connectivity index (χ4v) is 2.43. The van der Waals surface area contributed by atoms with Crippen LogP contribution in [0.4, 0.5) is 4.39 Å². The lowest BCUT2D eigenvalue weighted by molar-refractivity contribution is 0.301. The number of ether oxygens (including phenoxy) is 1. The molecular formula is C16H15ClFNOS. The summed E-state index contributed by atoms with van der Waals surface area (Å²) < 4.78 is 19.2. The Hall–Kier alpha value is -1.65. The molecule has 2 nitrogen and oxygen atoms in total. The van der Waals surface area contributed by atoms with E-state index in [4.69, 9.17) is 34.3 Å². The Kier molecular flexibility index (Phi) is 4.80. The SMILES string of the molecule is Cc1cc(C(N)=S)cc(C)c1OCc1cccc(F)c1Cl. The van der Waals surface area contributed by atoms with Crippen LogP contribution in [-0.4, -0.2) is 4.99 Å². The van der Waals surface area contributed by atoms with Crippen molar-refractivity contribution in [2.75, 3.05) is 0 Å². The molecule has 0 radical (unpaired) electrons. The van der Waals surface area contributed by atoms with E-state index in [0.29, 0.717) is 10.6 Å². The maximum absolute atomic E-state index is 13.4. The van der Waals surface area contributed by atoms with Gasteiger partial charge in [0, 0.05) is 11.1 Å². The number of benzene rings is 2. The summed E-state index contributed by atoms with van der Waals surface area (Å²) >= 11 is 10.9. The van der Waals surface area contributed by atoms with Crippen molar-refractivity contribution in [3.05, 3.63) is 63.4 Å². The van der Waals surface area contributed by atoms with E-state index in [0.717, 1.165) is 22.4 Å². The van der Waals surface area contributed by atoms with E-state index in [1.807, 2.05) is 26.0 Å². The molecule has 0 aliphatic rings. The third-order valence-corrected chi connectivity index (χ3v) is 3.81. The maximum Gasteiger partial charge on any atom is 0.142 e. The van der Waals surface area contributed by atoms with Crippen LogP contribution in [-0.2, 0) is 6.61 Å². The highest BCUT2D eigenvalue weighted by atomic mass is 35.5. The summed E-state index contributed by atoms with van der Waals surface area (Å²) in [6, 6.07) is 8.41. The quantitative estimate of drug-likeness (QED) is 0.852. The molecule has 2 N–H and O–H groups in total. The van der Waals surface area contributed by atoms with Crippen LogP contribution in [0.2, 0.25) is 5.02 Å². The fourth-order valence-electron chi connectivity index (χ4n) is 2.13. The van der Waals surface area contributed by atoms with Crippen LogP contribution in [0.25, 0.3) is 0 Å². The van der Waals surface area contributed by atoms with E-state index in [2.05, 4.69) is 0 Å². The van der Waals surface area contributed by atoms with Crippen molar-refractivity contribution in [2.24, 2.45) is 5.73 Å². The maximum atomic E-state index is 13.4. The molecule has 2 aromatic carbocycles. The predicted octanol–water partition coefficient (Wildman–Crippen LogP) is 4.31. The Morgan fingerprint density at radius 1 is 1.29 bits per heavy atom. The minimum Gasteiger partial charge on any atom is -0.488 e. The fraction of sp³-hybridized carbons (Fsp3) is 0.188. The second-order valence-corrected chi connectivity index (χ2v) is 5.62. The van der Waals surface area contributed by atoms with Gasteiger partial charge >= 0.3 is 0 Å². The Bertz CT molecular complexity index is 680. The molecule has 0 aromatic heterocycles. The van der Waals surface area contributed by atoms with E-state index >= 15 is 0 Å². The molecule has 0 fully saturated rings. The highest BCUT2D eigenvalue weighted by Crippen LogP contribution is 2.27. The second-order valence-electron chi connectivity index (χ2n) is 4.81. The van der Waals surface area contributed by atoms with E-state index in [9.17, 15) is 4.39 Å². The van der Waals surface area contributed by atoms with Crippen molar-refractivity contribution in [3.63, 3.8) is 0 Å². The Morgan fingerprint density at radius 2 is 1.90 bits per heavy atom. The van der Waals surface area contributed by atoms with E-state index in [1.165, 1.54) is 6.07 Å². The van der Waals surface area contributed by atoms with Gasteiger partial charge < -0.3 is 10.5 Å². The summed E-state index contributed by atoms with van der Waals surface area (Å²) in [5.41, 5.74) is 8.89. The largest absolute Gasteiger partial charge is 0.488 e. The monoisotopic (exact) mass is 323 g/mol. The van der Waals surface area contributed by atoms with Crippen LogP contribution < -0.4 is 10.5 Å². The number of hydrogen-bond donors (Lipinski definition) is 1. The normalized spacial score (nSPS) is 10.5. The highest BCUT2D eigenvalue weighted by molar-refractivity contribution is 7.80. The van der Waals surface area contributed by atoms with Crippen molar-refractivity contribution in [1.29, 1.82) is 0 Å². The highest BCUT2D eigenvalue weighted by Gasteiger charge is 2.10. The summed E-state index contributed by atoms with van der Waals surface area (Å²) in [7, 11) is 0. The Labute approximate surface area is 133 Å². The lowest BCUT2D eigenvalue weighted by Gasteiger charge is -2.14. The molecule has 0 saturated heterocycles. The molecule has 2 rings (SSSR count). The minimum atomic E-state index is -0.449. The van der Waals surface area contributed by atoms with Gasteiger partial charge in [0.25, 0.3) is 0 Å². The van der Waals surface area contributed by atoms with Crippen molar-refractivity contribution in [3.8, 4) is 5.75 Å². The van der Waals surface area contributed by atoms with E-state index in [1.54, 1.807) is 12.1 Å². The minimum absolute atomic E-state index is 0.0903. The zero-order valence-electron chi connectivity index (χ0n) is 11.7. The van der Waals surface area contributed by atoms with Gasteiger partial charge in [-0.25, -0.2) is 4.39 Å². The molecule has 0 spiro atoms. The number of nitrogens with two attached hydrogens (primary N) is 1. The first-order valence-electron chi connectivity index (χ1n) is 6.37. The average Bonchev–Trinajstić information content (AvgIpc) is 2.42. The van der Waals surface area contributed by atoms with Gasteiger partial charge in [-0.3, -0.25) is 0 Å². The zero-order chi connectivity index (χ0) is 15.6. The number of hydrogen-bond acceptors (Lipinski definition) is 2. The first kappa shape index (κ1) is 15.7. The topological polar surface area (TPSA) is 35.2 Å². The van der Waals surface area contributed by atoms with Crippen LogP contribution >= 0.6 is 23.8 Å². The van der Waals surface area contributed by atoms with Crippen LogP contribution in [0.3, 0.4) is 0 Å². The molecule has 0 aliphatic carbocycles. The van der Waals surface area contributed by atoms with Gasteiger partial charge in [-0.2, -0.15) is 0 Å². The first-order valence-corrected chi connectivity index (χ1v) is 7.15. The van der Waals surface area contributed by atoms with Gasteiger partial charge in [0.2, 0.25) is 0 Å². The summed E-state index contributed by atoms with van der Waals surface area (Å²) in [6.07, 6.45) is 0. The van der Waals surface area contributed by atoms with E-state index < -0.39 is 5.82 Å². The van der Waals surface area contributed by atoms with Gasteiger partial charge in [0.15, 0.2) is 0 Å². The van der Waals surface area contributed by atoms with Gasteiger partial charge in [0.05, 0.1) is 5.02 Å². The number of halogens is 2. The molecule has 0 saturated carbocycles. The van der Waals surface area contributed by atoms with Gasteiger partial charge in [-0.05, 0) is 43.2 Å². The molecule has 0 atom stereocenters. The lowest BCUT2D eigenvalue weighted by Crippen LogP contribution is -2.10. The van der Waals surface area contributed by atoms with Crippen molar-refractivity contribution >= 4 is 28.8 Å². The number of rotatable bonds is 4.